The number of rotatable bonds is 5. The summed E-state index contributed by atoms with van der Waals surface area (Å²) in [5.41, 5.74) is 2.87. The van der Waals surface area contributed by atoms with Gasteiger partial charge in [-0.15, -0.1) is 0 Å². The average molecular weight is 360 g/mol. The molecule has 0 fully saturated rings. The highest BCUT2D eigenvalue weighted by atomic mass is 16.5. The molecule has 5 heteroatoms. The lowest BCUT2D eigenvalue weighted by Crippen LogP contribution is -2.19. The normalized spacial score (nSPS) is 15.2. The molecule has 0 radical (unpaired) electrons. The van der Waals surface area contributed by atoms with E-state index >= 15 is 0 Å². The maximum absolute atomic E-state index is 12.8. The van der Waals surface area contributed by atoms with Crippen molar-refractivity contribution in [3.8, 4) is 5.75 Å². The van der Waals surface area contributed by atoms with Crippen LogP contribution in [0.3, 0.4) is 0 Å². The van der Waals surface area contributed by atoms with Crippen LogP contribution in [-0.4, -0.2) is 23.4 Å². The summed E-state index contributed by atoms with van der Waals surface area (Å²) in [6.45, 7) is 0.659. The van der Waals surface area contributed by atoms with Gasteiger partial charge in [0.05, 0.1) is 18.7 Å². The minimum Gasteiger partial charge on any atom is -0.497 e. The summed E-state index contributed by atoms with van der Waals surface area (Å²) >= 11 is 0. The summed E-state index contributed by atoms with van der Waals surface area (Å²) in [7, 11) is 1.59. The number of amides is 1. The van der Waals surface area contributed by atoms with E-state index in [4.69, 9.17) is 4.74 Å². The van der Waals surface area contributed by atoms with Crippen LogP contribution in [0.5, 0.6) is 5.75 Å². The van der Waals surface area contributed by atoms with Crippen molar-refractivity contribution in [3.63, 3.8) is 0 Å². The van der Waals surface area contributed by atoms with Gasteiger partial charge in [-0.2, -0.15) is 0 Å². The Morgan fingerprint density at radius 2 is 1.85 bits per heavy atom. The van der Waals surface area contributed by atoms with Crippen molar-refractivity contribution >= 4 is 17.4 Å². The Morgan fingerprint density at radius 3 is 2.63 bits per heavy atom. The van der Waals surface area contributed by atoms with E-state index < -0.39 is 0 Å². The van der Waals surface area contributed by atoms with Crippen molar-refractivity contribution in [2.75, 3.05) is 12.4 Å². The number of aromatic nitrogens is 1. The summed E-state index contributed by atoms with van der Waals surface area (Å²) in [5.74, 6) is 0.335. The molecule has 27 heavy (non-hydrogen) atoms. The molecule has 1 N–H and O–H groups in total. The second-order valence-corrected chi connectivity index (χ2v) is 6.55. The number of fused-ring (bicyclic) bond motifs is 1. The van der Waals surface area contributed by atoms with Gasteiger partial charge in [-0.25, -0.2) is 0 Å². The maximum atomic E-state index is 12.8. The number of carbonyl (C=O) groups excluding carboxylic acids is 2. The van der Waals surface area contributed by atoms with Crippen LogP contribution in [0.25, 0.3) is 0 Å². The lowest BCUT2D eigenvalue weighted by atomic mass is 10.0. The van der Waals surface area contributed by atoms with Gasteiger partial charge in [0.2, 0.25) is 11.7 Å². The molecule has 2 aromatic carbocycles. The fourth-order valence-electron chi connectivity index (χ4n) is 3.57. The van der Waals surface area contributed by atoms with Crippen molar-refractivity contribution in [2.45, 2.75) is 18.9 Å². The second kappa shape index (κ2) is 7.11. The van der Waals surface area contributed by atoms with Crippen LogP contribution >= 0.6 is 0 Å². The molecule has 3 aromatic rings. The van der Waals surface area contributed by atoms with Crippen molar-refractivity contribution in [2.24, 2.45) is 0 Å². The van der Waals surface area contributed by atoms with E-state index in [-0.39, 0.29) is 17.6 Å². The molecule has 136 valence electrons. The SMILES string of the molecule is COc1cccc(NC(=O)[C@@H]2CCn3c(C(=O)c4ccccc4)ccc32)c1. The number of ketones is 1. The van der Waals surface area contributed by atoms with Gasteiger partial charge in [0.25, 0.3) is 0 Å². The highest BCUT2D eigenvalue weighted by Gasteiger charge is 2.32. The Bertz CT molecular complexity index is 992. The fraction of sp³-hybridized carbons (Fsp3) is 0.182. The topological polar surface area (TPSA) is 60.3 Å². The molecule has 0 bridgehead atoms. The Balaban J connectivity index is 1.55. The van der Waals surface area contributed by atoms with E-state index in [2.05, 4.69) is 5.32 Å². The van der Waals surface area contributed by atoms with E-state index in [1.165, 1.54) is 0 Å². The molecule has 0 saturated carbocycles. The van der Waals surface area contributed by atoms with Crippen LogP contribution in [0.1, 0.15) is 34.1 Å². The van der Waals surface area contributed by atoms with E-state index in [1.807, 2.05) is 65.2 Å². The predicted octanol–water partition coefficient (Wildman–Crippen LogP) is 3.85. The summed E-state index contributed by atoms with van der Waals surface area (Å²) in [4.78, 5) is 25.5. The second-order valence-electron chi connectivity index (χ2n) is 6.55. The van der Waals surface area contributed by atoms with Gasteiger partial charge in [-0.1, -0.05) is 36.4 Å². The zero-order chi connectivity index (χ0) is 18.8. The van der Waals surface area contributed by atoms with Crippen LogP contribution in [0.15, 0.2) is 66.7 Å². The molecule has 1 amide bonds. The first kappa shape index (κ1) is 17.1. The fourth-order valence-corrected chi connectivity index (χ4v) is 3.57. The zero-order valence-electron chi connectivity index (χ0n) is 15.0. The van der Waals surface area contributed by atoms with Gasteiger partial charge < -0.3 is 14.6 Å². The van der Waals surface area contributed by atoms with Crippen molar-refractivity contribution in [3.05, 3.63) is 83.7 Å². The minimum absolute atomic E-state index is 0.0179. The lowest BCUT2D eigenvalue weighted by Gasteiger charge is -2.11. The molecule has 1 atom stereocenters. The van der Waals surface area contributed by atoms with Crippen LogP contribution in [0.2, 0.25) is 0 Å². The lowest BCUT2D eigenvalue weighted by molar-refractivity contribution is -0.117. The number of hydrogen-bond acceptors (Lipinski definition) is 3. The van der Waals surface area contributed by atoms with Gasteiger partial charge in [0.15, 0.2) is 0 Å². The summed E-state index contributed by atoms with van der Waals surface area (Å²) in [5, 5.41) is 2.95. The first-order valence-electron chi connectivity index (χ1n) is 8.91. The number of methoxy groups -OCH3 is 1. The molecular formula is C22H20N2O3. The van der Waals surface area contributed by atoms with Gasteiger partial charge in [0, 0.05) is 29.6 Å². The Hall–Kier alpha value is -3.34. The van der Waals surface area contributed by atoms with Gasteiger partial charge >= 0.3 is 0 Å². The number of benzene rings is 2. The molecule has 0 aliphatic carbocycles. The number of nitrogens with one attached hydrogen (secondary N) is 1. The smallest absolute Gasteiger partial charge is 0.233 e. The van der Waals surface area contributed by atoms with Gasteiger partial charge in [0.1, 0.15) is 5.75 Å². The quantitative estimate of drug-likeness (QED) is 0.703. The summed E-state index contributed by atoms with van der Waals surface area (Å²) in [6.07, 6.45) is 0.682. The van der Waals surface area contributed by atoms with Crippen molar-refractivity contribution < 1.29 is 14.3 Å². The third-order valence-electron chi connectivity index (χ3n) is 4.94. The van der Waals surface area contributed by atoms with E-state index in [1.54, 1.807) is 13.2 Å². The molecule has 0 unspecified atom stereocenters. The van der Waals surface area contributed by atoms with Gasteiger partial charge in [-0.3, -0.25) is 9.59 Å². The average Bonchev–Trinajstić information content (AvgIpc) is 3.30. The van der Waals surface area contributed by atoms with Crippen molar-refractivity contribution in [1.29, 1.82) is 0 Å². The number of ether oxygens (including phenoxy) is 1. The number of carbonyl (C=O) groups is 2. The number of anilines is 1. The number of hydrogen-bond donors (Lipinski definition) is 1. The van der Waals surface area contributed by atoms with E-state index in [9.17, 15) is 9.59 Å². The van der Waals surface area contributed by atoms with Gasteiger partial charge in [-0.05, 0) is 30.7 Å². The van der Waals surface area contributed by atoms with Crippen LogP contribution in [-0.2, 0) is 11.3 Å². The third-order valence-corrected chi connectivity index (χ3v) is 4.94. The zero-order valence-corrected chi connectivity index (χ0v) is 15.0. The first-order valence-corrected chi connectivity index (χ1v) is 8.91. The Morgan fingerprint density at radius 1 is 1.04 bits per heavy atom. The largest absolute Gasteiger partial charge is 0.497 e. The molecule has 2 heterocycles. The highest BCUT2D eigenvalue weighted by Crippen LogP contribution is 2.32. The highest BCUT2D eigenvalue weighted by molar-refractivity contribution is 6.08. The molecule has 0 saturated heterocycles. The summed E-state index contributed by atoms with van der Waals surface area (Å²) < 4.78 is 7.16. The molecule has 4 rings (SSSR count). The van der Waals surface area contributed by atoms with Crippen molar-refractivity contribution in [1.82, 2.24) is 4.57 Å². The predicted molar refractivity (Wildman–Crippen MR) is 103 cm³/mol. The molecule has 1 aliphatic rings. The standard InChI is InChI=1S/C22H20N2O3/c1-27-17-9-5-8-16(14-17)23-22(26)18-12-13-24-19(18)10-11-20(24)21(25)15-6-3-2-4-7-15/h2-11,14,18H,12-13H2,1H3,(H,23,26)/t18-/m1/s1. The third kappa shape index (κ3) is 3.24. The van der Waals surface area contributed by atoms with Crippen LogP contribution in [0.4, 0.5) is 5.69 Å². The minimum atomic E-state index is -0.270. The van der Waals surface area contributed by atoms with E-state index in [0.29, 0.717) is 35.7 Å². The Labute approximate surface area is 157 Å². The molecule has 5 nitrogen and oxygen atoms in total. The Kier molecular flexibility index (Phi) is 4.50. The van der Waals surface area contributed by atoms with Crippen LogP contribution < -0.4 is 10.1 Å². The summed E-state index contributed by atoms with van der Waals surface area (Å²) in [6, 6.07) is 20.2. The molecule has 1 aromatic heterocycles. The van der Waals surface area contributed by atoms with E-state index in [0.717, 1.165) is 5.69 Å². The first-order chi connectivity index (χ1) is 13.2. The molecule has 0 spiro atoms. The molecular weight excluding hydrogens is 340 g/mol. The number of nitrogens with zero attached hydrogens (tertiary/aromatic N) is 1. The maximum Gasteiger partial charge on any atom is 0.233 e. The van der Waals surface area contributed by atoms with Crippen LogP contribution in [0, 0.1) is 0 Å². The molecule has 1 aliphatic heterocycles. The monoisotopic (exact) mass is 360 g/mol.